The van der Waals surface area contributed by atoms with Crippen LogP contribution in [0.3, 0.4) is 0 Å². The van der Waals surface area contributed by atoms with Crippen molar-refractivity contribution < 1.29 is 14.8 Å². The van der Waals surface area contributed by atoms with Crippen LogP contribution in [0, 0.1) is 10.1 Å². The number of hydrogen-bond donors (Lipinski definition) is 2. The summed E-state index contributed by atoms with van der Waals surface area (Å²) in [5.74, 6) is -0.553. The van der Waals surface area contributed by atoms with Gasteiger partial charge in [0.1, 0.15) is 0 Å². The number of nitro groups is 1. The largest absolute Gasteiger partial charge is 0.500 e. The predicted molar refractivity (Wildman–Crippen MR) is 89.0 cm³/mol. The fourth-order valence-electron chi connectivity index (χ4n) is 1.73. The molecule has 0 heterocycles. The molecule has 0 fully saturated rings. The van der Waals surface area contributed by atoms with Gasteiger partial charge >= 0.3 is 5.69 Å². The molecule has 0 aliphatic carbocycles. The molecule has 0 atom stereocenters. The van der Waals surface area contributed by atoms with Crippen molar-refractivity contribution in [2.45, 2.75) is 0 Å². The highest BCUT2D eigenvalue weighted by molar-refractivity contribution is 6.42. The first-order valence-corrected chi connectivity index (χ1v) is 6.97. The summed E-state index contributed by atoms with van der Waals surface area (Å²) in [6, 6.07) is 7.46. The number of nitrogens with zero attached hydrogens (tertiary/aromatic N) is 2. The standard InChI is InChI=1S/C14H11Cl2N3O4/c1-23-13-5-8(4-12(14(13)20)19(21)22)7-17-18-9-2-3-10(15)11(16)6-9/h2-7,18,20H,1H3. The molecule has 7 nitrogen and oxygen atoms in total. The van der Waals surface area contributed by atoms with Gasteiger partial charge in [-0.05, 0) is 24.3 Å². The molecule has 120 valence electrons. The van der Waals surface area contributed by atoms with Crippen molar-refractivity contribution in [2.75, 3.05) is 12.5 Å². The smallest absolute Gasteiger partial charge is 0.315 e. The van der Waals surface area contributed by atoms with Crippen molar-refractivity contribution >= 4 is 40.8 Å². The first-order valence-electron chi connectivity index (χ1n) is 6.22. The van der Waals surface area contributed by atoms with E-state index in [1.807, 2.05) is 0 Å². The lowest BCUT2D eigenvalue weighted by molar-refractivity contribution is -0.386. The normalized spacial score (nSPS) is 10.7. The van der Waals surface area contributed by atoms with Gasteiger partial charge in [0, 0.05) is 11.6 Å². The monoisotopic (exact) mass is 355 g/mol. The summed E-state index contributed by atoms with van der Waals surface area (Å²) in [7, 11) is 1.30. The number of aromatic hydroxyl groups is 1. The molecular formula is C14H11Cl2N3O4. The second kappa shape index (κ2) is 7.17. The molecule has 2 N–H and O–H groups in total. The number of benzene rings is 2. The molecule has 0 aromatic heterocycles. The number of halogens is 2. The zero-order chi connectivity index (χ0) is 17.0. The maximum absolute atomic E-state index is 10.9. The number of anilines is 1. The minimum absolute atomic E-state index is 0.0183. The molecule has 0 aliphatic rings. The summed E-state index contributed by atoms with van der Waals surface area (Å²) in [6.45, 7) is 0. The zero-order valence-corrected chi connectivity index (χ0v) is 13.3. The lowest BCUT2D eigenvalue weighted by Crippen LogP contribution is -1.96. The molecule has 0 saturated carbocycles. The van der Waals surface area contributed by atoms with E-state index >= 15 is 0 Å². The molecule has 0 aliphatic heterocycles. The Kier molecular flexibility index (Phi) is 5.25. The summed E-state index contributed by atoms with van der Waals surface area (Å²) in [5.41, 5.74) is 3.21. The van der Waals surface area contributed by atoms with E-state index in [2.05, 4.69) is 10.5 Å². The van der Waals surface area contributed by atoms with Gasteiger partial charge in [0.2, 0.25) is 5.75 Å². The van der Waals surface area contributed by atoms with Crippen LogP contribution in [0.1, 0.15) is 5.56 Å². The third-order valence-electron chi connectivity index (χ3n) is 2.82. The molecule has 0 bridgehead atoms. The molecule has 0 unspecified atom stereocenters. The van der Waals surface area contributed by atoms with Gasteiger partial charge < -0.3 is 9.84 Å². The Morgan fingerprint density at radius 2 is 2.04 bits per heavy atom. The van der Waals surface area contributed by atoms with Gasteiger partial charge in [-0.2, -0.15) is 5.10 Å². The van der Waals surface area contributed by atoms with Crippen LogP contribution in [0.25, 0.3) is 0 Å². The third-order valence-corrected chi connectivity index (χ3v) is 3.56. The van der Waals surface area contributed by atoms with Crippen molar-refractivity contribution in [3.05, 3.63) is 56.1 Å². The second-order valence-corrected chi connectivity index (χ2v) is 5.16. The Bertz CT molecular complexity index is 781. The Morgan fingerprint density at radius 1 is 1.30 bits per heavy atom. The summed E-state index contributed by atoms with van der Waals surface area (Å²) < 4.78 is 4.90. The van der Waals surface area contributed by atoms with Crippen molar-refractivity contribution in [1.82, 2.24) is 0 Å². The van der Waals surface area contributed by atoms with Gasteiger partial charge in [-0.3, -0.25) is 15.5 Å². The van der Waals surface area contributed by atoms with E-state index in [0.717, 1.165) is 0 Å². The van der Waals surface area contributed by atoms with Crippen LogP contribution in [0.15, 0.2) is 35.4 Å². The second-order valence-electron chi connectivity index (χ2n) is 4.35. The van der Waals surface area contributed by atoms with Crippen LogP contribution >= 0.6 is 23.2 Å². The Hall–Kier alpha value is -2.51. The Morgan fingerprint density at radius 3 is 2.65 bits per heavy atom. The van der Waals surface area contributed by atoms with E-state index in [1.165, 1.54) is 25.5 Å². The summed E-state index contributed by atoms with van der Waals surface area (Å²) in [4.78, 5) is 10.2. The average molecular weight is 356 g/mol. The van der Waals surface area contributed by atoms with E-state index in [0.29, 0.717) is 21.3 Å². The fraction of sp³-hybridized carbons (Fsp3) is 0.0714. The number of methoxy groups -OCH3 is 1. The van der Waals surface area contributed by atoms with E-state index < -0.39 is 16.4 Å². The van der Waals surface area contributed by atoms with Crippen molar-refractivity contribution in [1.29, 1.82) is 0 Å². The minimum atomic E-state index is -0.707. The highest BCUT2D eigenvalue weighted by atomic mass is 35.5. The highest BCUT2D eigenvalue weighted by Crippen LogP contribution is 2.36. The maximum atomic E-state index is 10.9. The number of hydrogen-bond acceptors (Lipinski definition) is 6. The summed E-state index contributed by atoms with van der Waals surface area (Å²) >= 11 is 11.7. The van der Waals surface area contributed by atoms with Crippen LogP contribution < -0.4 is 10.2 Å². The van der Waals surface area contributed by atoms with Crippen LogP contribution in [-0.4, -0.2) is 23.4 Å². The van der Waals surface area contributed by atoms with Crippen LogP contribution in [0.2, 0.25) is 10.0 Å². The number of ether oxygens (including phenoxy) is 1. The van der Waals surface area contributed by atoms with Crippen LogP contribution in [0.5, 0.6) is 11.5 Å². The van der Waals surface area contributed by atoms with E-state index in [-0.39, 0.29) is 5.75 Å². The molecule has 23 heavy (non-hydrogen) atoms. The quantitative estimate of drug-likeness (QED) is 0.478. The number of phenolic OH excluding ortho intramolecular Hbond substituents is 1. The highest BCUT2D eigenvalue weighted by Gasteiger charge is 2.19. The van der Waals surface area contributed by atoms with Crippen LogP contribution in [-0.2, 0) is 0 Å². The Balaban J connectivity index is 2.23. The summed E-state index contributed by atoms with van der Waals surface area (Å²) in [5, 5.41) is 25.3. The molecule has 0 radical (unpaired) electrons. The van der Waals surface area contributed by atoms with E-state index in [1.54, 1.807) is 18.2 Å². The van der Waals surface area contributed by atoms with E-state index in [9.17, 15) is 15.2 Å². The first-order chi connectivity index (χ1) is 10.9. The molecular weight excluding hydrogens is 345 g/mol. The predicted octanol–water partition coefficient (Wildman–Crippen LogP) is 4.06. The van der Waals surface area contributed by atoms with Gasteiger partial charge in [0.05, 0.1) is 34.0 Å². The van der Waals surface area contributed by atoms with Gasteiger partial charge in [0.25, 0.3) is 0 Å². The third kappa shape index (κ3) is 4.02. The zero-order valence-electron chi connectivity index (χ0n) is 11.8. The lowest BCUT2D eigenvalue weighted by Gasteiger charge is -2.05. The average Bonchev–Trinajstić information content (AvgIpc) is 2.51. The molecule has 0 saturated heterocycles. The summed E-state index contributed by atoms with van der Waals surface area (Å²) in [6.07, 6.45) is 1.34. The molecule has 2 aromatic rings. The van der Waals surface area contributed by atoms with Crippen LogP contribution in [0.4, 0.5) is 11.4 Å². The van der Waals surface area contributed by atoms with Gasteiger partial charge in [-0.25, -0.2) is 0 Å². The number of nitrogens with one attached hydrogen (secondary N) is 1. The van der Waals surface area contributed by atoms with Crippen molar-refractivity contribution in [3.8, 4) is 11.5 Å². The van der Waals surface area contributed by atoms with Crippen molar-refractivity contribution in [2.24, 2.45) is 5.10 Å². The topological polar surface area (TPSA) is 97.0 Å². The first kappa shape index (κ1) is 16.9. The number of phenols is 1. The van der Waals surface area contributed by atoms with Gasteiger partial charge in [0.15, 0.2) is 5.75 Å². The van der Waals surface area contributed by atoms with E-state index in [4.69, 9.17) is 27.9 Å². The lowest BCUT2D eigenvalue weighted by atomic mass is 10.2. The van der Waals surface area contributed by atoms with Gasteiger partial charge in [-0.15, -0.1) is 0 Å². The molecule has 0 amide bonds. The molecule has 9 heteroatoms. The van der Waals surface area contributed by atoms with Gasteiger partial charge in [-0.1, -0.05) is 23.2 Å². The maximum Gasteiger partial charge on any atom is 0.315 e. The number of hydrazone groups is 1. The number of nitro benzene ring substituents is 1. The minimum Gasteiger partial charge on any atom is -0.500 e. The SMILES string of the molecule is COc1cc(C=NNc2ccc(Cl)c(Cl)c2)cc([N+](=O)[O-])c1O. The fourth-order valence-corrected chi connectivity index (χ4v) is 2.03. The molecule has 2 rings (SSSR count). The molecule has 2 aromatic carbocycles. The Labute approximate surface area is 141 Å². The van der Waals surface area contributed by atoms with Crippen molar-refractivity contribution in [3.63, 3.8) is 0 Å². The molecule has 0 spiro atoms. The number of rotatable bonds is 5.